The molecule has 2 atom stereocenters. The first-order chi connectivity index (χ1) is 13.7. The van der Waals surface area contributed by atoms with Crippen LogP contribution in [0.15, 0.2) is 42.7 Å². The fourth-order valence-corrected chi connectivity index (χ4v) is 4.86. The molecule has 2 bridgehead atoms. The van der Waals surface area contributed by atoms with Crippen molar-refractivity contribution < 1.29 is 0 Å². The van der Waals surface area contributed by atoms with E-state index in [-0.39, 0.29) is 24.8 Å². The summed E-state index contributed by atoms with van der Waals surface area (Å²) in [4.78, 5) is 12.2. The summed E-state index contributed by atoms with van der Waals surface area (Å²) >= 11 is 0. The lowest BCUT2D eigenvalue weighted by molar-refractivity contribution is 0.191. The number of rotatable bonds is 4. The lowest BCUT2D eigenvalue weighted by Crippen LogP contribution is -2.37. The van der Waals surface area contributed by atoms with Crippen molar-refractivity contribution in [1.82, 2.24) is 24.6 Å². The van der Waals surface area contributed by atoms with Crippen LogP contribution in [0.1, 0.15) is 50.3 Å². The van der Waals surface area contributed by atoms with Gasteiger partial charge in [-0.3, -0.25) is 9.30 Å². The van der Waals surface area contributed by atoms with Crippen molar-refractivity contribution in [1.29, 1.82) is 0 Å². The molecule has 162 valence electrons. The van der Waals surface area contributed by atoms with E-state index in [1.165, 1.54) is 36.1 Å². The first kappa shape index (κ1) is 23.0. The Balaban J connectivity index is 0.00000128. The van der Waals surface area contributed by atoms with Gasteiger partial charge in [-0.05, 0) is 43.4 Å². The van der Waals surface area contributed by atoms with Crippen molar-refractivity contribution in [2.75, 3.05) is 13.1 Å². The molecular weight excluding hydrogens is 417 g/mol. The van der Waals surface area contributed by atoms with Crippen molar-refractivity contribution >= 4 is 30.6 Å². The molecule has 1 aromatic carbocycles. The van der Waals surface area contributed by atoms with E-state index < -0.39 is 0 Å². The van der Waals surface area contributed by atoms with Gasteiger partial charge in [0, 0.05) is 43.1 Å². The zero-order valence-electron chi connectivity index (χ0n) is 17.6. The van der Waals surface area contributed by atoms with Gasteiger partial charge in [-0.2, -0.15) is 0 Å². The number of hydrogen-bond donors (Lipinski definition) is 1. The van der Waals surface area contributed by atoms with Crippen LogP contribution in [0.5, 0.6) is 0 Å². The molecule has 2 aromatic heterocycles. The number of imidazole rings is 1. The van der Waals surface area contributed by atoms with Gasteiger partial charge in [-0.25, -0.2) is 9.97 Å². The number of nitrogens with zero attached hydrogens (tertiary/aromatic N) is 4. The molecule has 2 unspecified atom stereocenters. The largest absolute Gasteiger partial charge is 0.315 e. The topological polar surface area (TPSA) is 45.5 Å². The second-order valence-electron chi connectivity index (χ2n) is 8.52. The molecule has 2 aliphatic heterocycles. The van der Waals surface area contributed by atoms with Gasteiger partial charge in [-0.1, -0.05) is 38.1 Å². The Labute approximate surface area is 191 Å². The number of halogens is 2. The van der Waals surface area contributed by atoms with Crippen LogP contribution >= 0.6 is 24.8 Å². The van der Waals surface area contributed by atoms with E-state index in [2.05, 4.69) is 63.9 Å². The van der Waals surface area contributed by atoms with E-state index in [4.69, 9.17) is 4.98 Å². The van der Waals surface area contributed by atoms with E-state index >= 15 is 0 Å². The Hall–Kier alpha value is -1.66. The molecule has 3 aromatic rings. The maximum atomic E-state index is 4.93. The van der Waals surface area contributed by atoms with Gasteiger partial charge in [0.2, 0.25) is 5.78 Å². The van der Waals surface area contributed by atoms with Crippen molar-refractivity contribution in [2.45, 2.75) is 57.7 Å². The lowest BCUT2D eigenvalue weighted by Gasteiger charge is -2.27. The molecule has 0 spiro atoms. The van der Waals surface area contributed by atoms with Crippen LogP contribution in [-0.4, -0.2) is 44.4 Å². The van der Waals surface area contributed by atoms with Crippen molar-refractivity contribution in [3.05, 3.63) is 54.0 Å². The third kappa shape index (κ3) is 4.22. The molecule has 0 saturated carbocycles. The fraction of sp³-hybridized carbons (Fsp3) is 0.478. The van der Waals surface area contributed by atoms with Gasteiger partial charge in [-0.15, -0.1) is 24.8 Å². The van der Waals surface area contributed by atoms with Gasteiger partial charge < -0.3 is 5.32 Å². The Morgan fingerprint density at radius 3 is 2.60 bits per heavy atom. The summed E-state index contributed by atoms with van der Waals surface area (Å²) < 4.78 is 2.18. The number of hydrogen-bond acceptors (Lipinski definition) is 4. The normalized spacial score (nSPS) is 21.3. The number of aromatic nitrogens is 3. The van der Waals surface area contributed by atoms with Gasteiger partial charge in [0.1, 0.15) is 0 Å². The zero-order valence-corrected chi connectivity index (χ0v) is 19.3. The summed E-state index contributed by atoms with van der Waals surface area (Å²) in [6.07, 6.45) is 7.79. The van der Waals surface area contributed by atoms with E-state index in [0.717, 1.165) is 31.1 Å². The van der Waals surface area contributed by atoms with Gasteiger partial charge in [0.25, 0.3) is 0 Å². The van der Waals surface area contributed by atoms with Crippen LogP contribution in [0.2, 0.25) is 0 Å². The minimum Gasteiger partial charge on any atom is -0.315 e. The molecule has 2 aliphatic rings. The van der Waals surface area contributed by atoms with Crippen LogP contribution in [0.25, 0.3) is 17.0 Å². The average molecular weight is 448 g/mol. The number of fused-ring (bicyclic) bond motifs is 3. The minimum atomic E-state index is 0. The summed E-state index contributed by atoms with van der Waals surface area (Å²) in [7, 11) is 0. The van der Waals surface area contributed by atoms with Crippen molar-refractivity contribution in [2.24, 2.45) is 0 Å². The fourth-order valence-electron chi connectivity index (χ4n) is 4.86. The standard InChI is InChI=1S/C23H29N5.2ClH/c1-16(2)17-4-6-18(7-5-17)22-21(27-13-3-11-25-23(27)26-22)15-28-19-8-9-20(28)14-24-12-10-19;;/h3-7,11,13,16,19-20,24H,8-10,12,14-15H2,1-2H3;2*1H. The maximum Gasteiger partial charge on any atom is 0.234 e. The first-order valence-corrected chi connectivity index (χ1v) is 10.6. The Kier molecular flexibility index (Phi) is 7.40. The number of benzene rings is 1. The summed E-state index contributed by atoms with van der Waals surface area (Å²) in [5, 5.41) is 3.61. The molecule has 0 aliphatic carbocycles. The molecule has 7 heteroatoms. The molecule has 2 saturated heterocycles. The van der Waals surface area contributed by atoms with E-state index in [9.17, 15) is 0 Å². The molecular formula is C23H31Cl2N5. The molecule has 0 radical (unpaired) electrons. The molecule has 5 nitrogen and oxygen atoms in total. The quantitative estimate of drug-likeness (QED) is 0.629. The van der Waals surface area contributed by atoms with Crippen LogP contribution in [0.4, 0.5) is 0 Å². The second-order valence-corrected chi connectivity index (χ2v) is 8.52. The molecule has 1 N–H and O–H groups in total. The highest BCUT2D eigenvalue weighted by Crippen LogP contribution is 2.33. The highest BCUT2D eigenvalue weighted by Gasteiger charge is 2.35. The first-order valence-electron chi connectivity index (χ1n) is 10.6. The summed E-state index contributed by atoms with van der Waals surface area (Å²) in [6, 6.07) is 12.2. The van der Waals surface area contributed by atoms with Crippen LogP contribution < -0.4 is 5.32 Å². The second kappa shape index (κ2) is 9.65. The highest BCUT2D eigenvalue weighted by molar-refractivity contribution is 5.85. The van der Waals surface area contributed by atoms with Crippen LogP contribution in [-0.2, 0) is 6.54 Å². The molecule has 30 heavy (non-hydrogen) atoms. The number of nitrogens with one attached hydrogen (secondary N) is 1. The molecule has 4 heterocycles. The lowest BCUT2D eigenvalue weighted by atomic mass is 10.0. The molecule has 5 rings (SSSR count). The summed E-state index contributed by atoms with van der Waals surface area (Å²) in [6.45, 7) is 7.64. The van der Waals surface area contributed by atoms with Crippen molar-refractivity contribution in [3.63, 3.8) is 0 Å². The predicted octanol–water partition coefficient (Wildman–Crippen LogP) is 4.69. The zero-order chi connectivity index (χ0) is 19.1. The van der Waals surface area contributed by atoms with E-state index in [1.54, 1.807) is 0 Å². The van der Waals surface area contributed by atoms with Crippen LogP contribution in [0.3, 0.4) is 0 Å². The SMILES string of the molecule is CC(C)c1ccc(-c2nc3ncccn3c2CN2C3CCNCC2CC3)cc1.Cl.Cl. The van der Waals surface area contributed by atoms with E-state index in [1.807, 2.05) is 12.3 Å². The molecule has 0 amide bonds. The van der Waals surface area contributed by atoms with Crippen molar-refractivity contribution in [3.8, 4) is 11.3 Å². The third-order valence-corrected chi connectivity index (χ3v) is 6.49. The highest BCUT2D eigenvalue weighted by atomic mass is 35.5. The van der Waals surface area contributed by atoms with Crippen LogP contribution in [0, 0.1) is 0 Å². The average Bonchev–Trinajstić information content (AvgIpc) is 3.18. The maximum absolute atomic E-state index is 4.93. The van der Waals surface area contributed by atoms with Gasteiger partial charge in [0.05, 0.1) is 11.4 Å². The Bertz CT molecular complexity index is 955. The molecule has 2 fully saturated rings. The Morgan fingerprint density at radius 1 is 1.07 bits per heavy atom. The smallest absolute Gasteiger partial charge is 0.234 e. The summed E-state index contributed by atoms with van der Waals surface area (Å²) in [5.74, 6) is 1.33. The monoisotopic (exact) mass is 447 g/mol. The minimum absolute atomic E-state index is 0. The summed E-state index contributed by atoms with van der Waals surface area (Å²) in [5.41, 5.74) is 4.89. The van der Waals surface area contributed by atoms with Gasteiger partial charge in [0.15, 0.2) is 0 Å². The predicted molar refractivity (Wildman–Crippen MR) is 127 cm³/mol. The Morgan fingerprint density at radius 2 is 1.83 bits per heavy atom. The van der Waals surface area contributed by atoms with E-state index in [0.29, 0.717) is 18.0 Å². The van der Waals surface area contributed by atoms with Gasteiger partial charge >= 0.3 is 0 Å². The third-order valence-electron chi connectivity index (χ3n) is 6.49.